The van der Waals surface area contributed by atoms with Gasteiger partial charge in [0.1, 0.15) is 22.2 Å². The van der Waals surface area contributed by atoms with Crippen LogP contribution in [0.4, 0.5) is 5.82 Å². The number of sulfonamides is 1. The quantitative estimate of drug-likeness (QED) is 0.872. The summed E-state index contributed by atoms with van der Waals surface area (Å²) in [5, 5.41) is 0. The summed E-state index contributed by atoms with van der Waals surface area (Å²) in [5.41, 5.74) is 6.13. The van der Waals surface area contributed by atoms with Gasteiger partial charge in [-0.25, -0.2) is 13.4 Å². The number of furan rings is 1. The second kappa shape index (κ2) is 5.55. The normalized spacial score (nSPS) is 11.6. The van der Waals surface area contributed by atoms with E-state index in [4.69, 9.17) is 10.2 Å². The van der Waals surface area contributed by atoms with Gasteiger partial charge in [-0.1, -0.05) is 0 Å². The summed E-state index contributed by atoms with van der Waals surface area (Å²) in [7, 11) is -3.74. The predicted octanol–water partition coefficient (Wildman–Crippen LogP) is 2.31. The molecule has 0 saturated heterocycles. The van der Waals surface area contributed by atoms with Crippen LogP contribution in [0.5, 0.6) is 0 Å². The molecule has 0 unspecified atom stereocenters. The first kappa shape index (κ1) is 15.0. The standard InChI is InChI=1S/C12H14BrN3O3S/c1-7-10(13)3-4-12(15-7)16-20(17,18)11-5-9(6-14)19-8(11)2/h3-5H,6,14H2,1-2H3,(H,15,16). The number of hydrogen-bond donors (Lipinski definition) is 2. The highest BCUT2D eigenvalue weighted by atomic mass is 79.9. The lowest BCUT2D eigenvalue weighted by Gasteiger charge is -2.07. The lowest BCUT2D eigenvalue weighted by molar-refractivity contribution is 0.479. The van der Waals surface area contributed by atoms with Gasteiger partial charge >= 0.3 is 0 Å². The highest BCUT2D eigenvalue weighted by Crippen LogP contribution is 2.23. The molecule has 0 aromatic carbocycles. The fraction of sp³-hybridized carbons (Fsp3) is 0.250. The molecule has 0 amide bonds. The molecule has 0 radical (unpaired) electrons. The molecule has 0 bridgehead atoms. The molecular formula is C12H14BrN3O3S. The Morgan fingerprint density at radius 1 is 1.40 bits per heavy atom. The second-order valence-electron chi connectivity index (χ2n) is 4.21. The molecule has 0 atom stereocenters. The van der Waals surface area contributed by atoms with Gasteiger partial charge in [-0.2, -0.15) is 0 Å². The van der Waals surface area contributed by atoms with E-state index in [1.165, 1.54) is 6.07 Å². The van der Waals surface area contributed by atoms with Crippen LogP contribution in [0.15, 0.2) is 32.0 Å². The van der Waals surface area contributed by atoms with Crippen molar-refractivity contribution in [2.45, 2.75) is 25.3 Å². The van der Waals surface area contributed by atoms with Crippen LogP contribution >= 0.6 is 15.9 Å². The van der Waals surface area contributed by atoms with Crippen LogP contribution < -0.4 is 10.5 Å². The molecular weight excluding hydrogens is 346 g/mol. The molecule has 2 rings (SSSR count). The fourth-order valence-electron chi connectivity index (χ4n) is 1.69. The molecule has 2 heterocycles. The van der Waals surface area contributed by atoms with Crippen molar-refractivity contribution < 1.29 is 12.8 Å². The Hall–Kier alpha value is -1.38. The zero-order valence-electron chi connectivity index (χ0n) is 11.0. The molecule has 108 valence electrons. The number of aromatic nitrogens is 1. The smallest absolute Gasteiger partial charge is 0.266 e. The molecule has 0 saturated carbocycles. The number of nitrogens with one attached hydrogen (secondary N) is 1. The van der Waals surface area contributed by atoms with E-state index in [0.29, 0.717) is 17.2 Å². The van der Waals surface area contributed by atoms with Crippen molar-refractivity contribution in [1.82, 2.24) is 4.98 Å². The summed E-state index contributed by atoms with van der Waals surface area (Å²) < 4.78 is 33.1. The van der Waals surface area contributed by atoms with Crippen LogP contribution in [0.25, 0.3) is 0 Å². The van der Waals surface area contributed by atoms with Crippen LogP contribution in [-0.2, 0) is 16.6 Å². The van der Waals surface area contributed by atoms with Gasteiger partial charge in [0.2, 0.25) is 0 Å². The topological polar surface area (TPSA) is 98.2 Å². The number of nitrogens with two attached hydrogens (primary N) is 1. The summed E-state index contributed by atoms with van der Waals surface area (Å²) in [6.45, 7) is 3.50. The third-order valence-corrected chi connectivity index (χ3v) is 4.97. The van der Waals surface area contributed by atoms with Crippen molar-refractivity contribution in [3.05, 3.63) is 39.9 Å². The molecule has 0 aliphatic rings. The maximum atomic E-state index is 12.3. The summed E-state index contributed by atoms with van der Waals surface area (Å²) in [6.07, 6.45) is 0. The van der Waals surface area contributed by atoms with Crippen LogP contribution in [0.1, 0.15) is 17.2 Å². The zero-order valence-corrected chi connectivity index (χ0v) is 13.4. The molecule has 0 fully saturated rings. The van der Waals surface area contributed by atoms with Crippen molar-refractivity contribution in [2.24, 2.45) is 5.73 Å². The molecule has 0 aliphatic carbocycles. The monoisotopic (exact) mass is 359 g/mol. The highest BCUT2D eigenvalue weighted by molar-refractivity contribution is 9.10. The fourth-order valence-corrected chi connectivity index (χ4v) is 3.11. The van der Waals surface area contributed by atoms with Crippen molar-refractivity contribution >= 4 is 31.8 Å². The third-order valence-electron chi connectivity index (χ3n) is 2.67. The molecule has 0 aliphatic heterocycles. The average molecular weight is 360 g/mol. The molecule has 20 heavy (non-hydrogen) atoms. The summed E-state index contributed by atoms with van der Waals surface area (Å²) in [5.74, 6) is 0.968. The molecule has 3 N–H and O–H groups in total. The van der Waals surface area contributed by atoms with Crippen molar-refractivity contribution in [3.63, 3.8) is 0 Å². The second-order valence-corrected chi connectivity index (χ2v) is 6.71. The first-order valence-corrected chi connectivity index (χ1v) is 8.06. The zero-order chi connectivity index (χ0) is 14.9. The van der Waals surface area contributed by atoms with E-state index < -0.39 is 10.0 Å². The Labute approximate surface area is 125 Å². The Balaban J connectivity index is 2.35. The Morgan fingerprint density at radius 2 is 2.10 bits per heavy atom. The van der Waals surface area contributed by atoms with Gasteiger partial charge in [0.05, 0.1) is 12.2 Å². The molecule has 2 aromatic rings. The third kappa shape index (κ3) is 3.02. The summed E-state index contributed by atoms with van der Waals surface area (Å²) in [6, 6.07) is 4.73. The summed E-state index contributed by atoms with van der Waals surface area (Å²) in [4.78, 5) is 4.22. The first-order valence-electron chi connectivity index (χ1n) is 5.79. The molecule has 6 nitrogen and oxygen atoms in total. The van der Waals surface area contributed by atoms with Crippen molar-refractivity contribution in [3.8, 4) is 0 Å². The highest BCUT2D eigenvalue weighted by Gasteiger charge is 2.21. The van der Waals surface area contributed by atoms with E-state index in [2.05, 4.69) is 25.6 Å². The minimum atomic E-state index is -3.74. The SMILES string of the molecule is Cc1nc(NS(=O)(=O)c2cc(CN)oc2C)ccc1Br. The van der Waals surface area contributed by atoms with Gasteiger partial charge in [0, 0.05) is 10.5 Å². The maximum absolute atomic E-state index is 12.3. The van der Waals surface area contributed by atoms with E-state index in [9.17, 15) is 8.42 Å². The van der Waals surface area contributed by atoms with Gasteiger partial charge in [0.15, 0.2) is 0 Å². The number of anilines is 1. The Bertz CT molecular complexity index is 740. The van der Waals surface area contributed by atoms with Crippen molar-refractivity contribution in [2.75, 3.05) is 4.72 Å². The van der Waals surface area contributed by atoms with E-state index in [1.807, 2.05) is 0 Å². The Morgan fingerprint density at radius 3 is 2.65 bits per heavy atom. The van der Waals surface area contributed by atoms with Gasteiger partial charge < -0.3 is 10.2 Å². The average Bonchev–Trinajstić information content (AvgIpc) is 2.76. The number of nitrogens with zero attached hydrogens (tertiary/aromatic N) is 1. The first-order chi connectivity index (χ1) is 9.33. The minimum absolute atomic E-state index is 0.0697. The number of hydrogen-bond acceptors (Lipinski definition) is 5. The number of halogens is 1. The van der Waals surface area contributed by atoms with Gasteiger partial charge in [-0.15, -0.1) is 0 Å². The van der Waals surface area contributed by atoms with Crippen LogP contribution in [0, 0.1) is 13.8 Å². The number of pyridine rings is 1. The molecule has 8 heteroatoms. The van der Waals surface area contributed by atoms with E-state index in [1.54, 1.807) is 26.0 Å². The van der Waals surface area contributed by atoms with Gasteiger partial charge in [-0.3, -0.25) is 4.72 Å². The van der Waals surface area contributed by atoms with E-state index in [0.717, 1.165) is 4.47 Å². The Kier molecular flexibility index (Phi) is 4.17. The largest absolute Gasteiger partial charge is 0.464 e. The number of rotatable bonds is 4. The van der Waals surface area contributed by atoms with Crippen LogP contribution in [-0.4, -0.2) is 13.4 Å². The molecule has 0 spiro atoms. The molecule has 2 aromatic heterocycles. The van der Waals surface area contributed by atoms with Crippen LogP contribution in [0.2, 0.25) is 0 Å². The lowest BCUT2D eigenvalue weighted by atomic mass is 10.4. The van der Waals surface area contributed by atoms with Crippen LogP contribution in [0.3, 0.4) is 0 Å². The summed E-state index contributed by atoms with van der Waals surface area (Å²) >= 11 is 3.31. The lowest BCUT2D eigenvalue weighted by Crippen LogP contribution is -2.14. The van der Waals surface area contributed by atoms with E-state index in [-0.39, 0.29) is 17.3 Å². The minimum Gasteiger partial charge on any atom is -0.464 e. The maximum Gasteiger partial charge on any atom is 0.266 e. The van der Waals surface area contributed by atoms with Gasteiger partial charge in [-0.05, 0) is 41.9 Å². The van der Waals surface area contributed by atoms with E-state index >= 15 is 0 Å². The van der Waals surface area contributed by atoms with Gasteiger partial charge in [0.25, 0.3) is 10.0 Å². The predicted molar refractivity (Wildman–Crippen MR) is 78.8 cm³/mol. The van der Waals surface area contributed by atoms with Crippen molar-refractivity contribution in [1.29, 1.82) is 0 Å². The number of aryl methyl sites for hydroxylation is 2.